The van der Waals surface area contributed by atoms with Crippen LogP contribution in [-0.4, -0.2) is 34.1 Å². The largest absolute Gasteiger partial charge is 0.351 e. The second kappa shape index (κ2) is 5.37. The minimum atomic E-state index is -0.547. The number of hydrogen-bond acceptors (Lipinski definition) is 5. The van der Waals surface area contributed by atoms with Gasteiger partial charge in [-0.1, -0.05) is 0 Å². The van der Waals surface area contributed by atoms with Crippen molar-refractivity contribution >= 4 is 5.91 Å². The van der Waals surface area contributed by atoms with E-state index in [0.29, 0.717) is 6.42 Å². The summed E-state index contributed by atoms with van der Waals surface area (Å²) in [7, 11) is 0. The summed E-state index contributed by atoms with van der Waals surface area (Å²) >= 11 is 0. The molecule has 8 nitrogen and oxygen atoms in total. The molecule has 3 atom stereocenters. The molecular weight excluding hydrogens is 252 g/mol. The summed E-state index contributed by atoms with van der Waals surface area (Å²) in [6, 6.07) is 1.000. The summed E-state index contributed by atoms with van der Waals surface area (Å²) in [6.07, 6.45) is 0.894. The van der Waals surface area contributed by atoms with Gasteiger partial charge >= 0.3 is 5.69 Å². The first-order valence-electron chi connectivity index (χ1n) is 5.95. The number of nitrogens with zero attached hydrogens (tertiary/aromatic N) is 1. The summed E-state index contributed by atoms with van der Waals surface area (Å²) in [6.45, 7) is 1.65. The summed E-state index contributed by atoms with van der Waals surface area (Å²) < 4.78 is 6.92. The van der Waals surface area contributed by atoms with Crippen LogP contribution in [-0.2, 0) is 9.53 Å². The van der Waals surface area contributed by atoms with Crippen molar-refractivity contribution in [2.45, 2.75) is 31.7 Å². The van der Waals surface area contributed by atoms with Gasteiger partial charge in [0.05, 0.1) is 12.1 Å². The van der Waals surface area contributed by atoms with Crippen LogP contribution in [0.5, 0.6) is 0 Å². The number of H-pyrrole nitrogens is 1. The van der Waals surface area contributed by atoms with E-state index in [0.717, 1.165) is 0 Å². The number of aromatic nitrogens is 2. The minimum absolute atomic E-state index is 0.179. The molecule has 1 aromatic rings. The van der Waals surface area contributed by atoms with Gasteiger partial charge in [-0.25, -0.2) is 4.79 Å². The van der Waals surface area contributed by atoms with Crippen molar-refractivity contribution in [3.8, 4) is 0 Å². The molecule has 1 aliphatic heterocycles. The van der Waals surface area contributed by atoms with Gasteiger partial charge in [-0.2, -0.15) is 0 Å². The Morgan fingerprint density at radius 3 is 2.95 bits per heavy atom. The van der Waals surface area contributed by atoms with E-state index < -0.39 is 17.5 Å². The molecule has 104 valence electrons. The van der Waals surface area contributed by atoms with E-state index in [2.05, 4.69) is 10.3 Å². The van der Waals surface area contributed by atoms with Crippen LogP contribution in [0.15, 0.2) is 21.9 Å². The van der Waals surface area contributed by atoms with Gasteiger partial charge < -0.3 is 15.8 Å². The molecule has 1 saturated heterocycles. The molecule has 2 rings (SSSR count). The molecule has 0 radical (unpaired) electrons. The van der Waals surface area contributed by atoms with Gasteiger partial charge in [-0.05, 0) is 0 Å². The predicted octanol–water partition coefficient (Wildman–Crippen LogP) is -1.71. The van der Waals surface area contributed by atoms with Gasteiger partial charge in [-0.3, -0.25) is 19.1 Å². The molecular formula is C11H16N4O4. The maximum Gasteiger partial charge on any atom is 0.330 e. The molecule has 1 amide bonds. The summed E-state index contributed by atoms with van der Waals surface area (Å²) in [5, 5.41) is 2.74. The molecule has 4 N–H and O–H groups in total. The number of ether oxygens (including phenoxy) is 1. The summed E-state index contributed by atoms with van der Waals surface area (Å²) in [5.74, 6) is -0.179. The number of rotatable bonds is 3. The van der Waals surface area contributed by atoms with Gasteiger partial charge in [0.25, 0.3) is 5.56 Å². The lowest BCUT2D eigenvalue weighted by molar-refractivity contribution is -0.120. The number of amides is 1. The fourth-order valence-electron chi connectivity index (χ4n) is 2.19. The number of carbonyl (C=O) groups excluding carboxylic acids is 1. The predicted molar refractivity (Wildman–Crippen MR) is 66.5 cm³/mol. The maximum atomic E-state index is 11.7. The monoisotopic (exact) mass is 268 g/mol. The highest BCUT2D eigenvalue weighted by Crippen LogP contribution is 2.26. The van der Waals surface area contributed by atoms with Crippen molar-refractivity contribution in [3.63, 3.8) is 0 Å². The molecule has 0 saturated carbocycles. The molecule has 1 aromatic heterocycles. The zero-order valence-electron chi connectivity index (χ0n) is 10.5. The molecule has 0 spiro atoms. The maximum absolute atomic E-state index is 11.7. The van der Waals surface area contributed by atoms with E-state index in [9.17, 15) is 14.4 Å². The molecule has 1 aliphatic rings. The SMILES string of the molecule is CC(=O)N[C@H]1C[C@H](n2ccc(=O)[nH]c2=O)O[C@@H]1CN. The molecule has 0 unspecified atom stereocenters. The minimum Gasteiger partial charge on any atom is -0.351 e. The second-order valence-corrected chi connectivity index (χ2v) is 4.43. The van der Waals surface area contributed by atoms with Crippen molar-refractivity contribution in [1.29, 1.82) is 0 Å². The lowest BCUT2D eigenvalue weighted by atomic mass is 10.1. The highest BCUT2D eigenvalue weighted by Gasteiger charge is 2.36. The van der Waals surface area contributed by atoms with Crippen LogP contribution in [0.2, 0.25) is 0 Å². The van der Waals surface area contributed by atoms with Gasteiger partial charge in [0.15, 0.2) is 0 Å². The molecule has 0 aromatic carbocycles. The third-order valence-electron chi connectivity index (χ3n) is 3.02. The van der Waals surface area contributed by atoms with E-state index in [1.54, 1.807) is 0 Å². The Bertz CT molecular complexity index is 579. The van der Waals surface area contributed by atoms with Crippen molar-refractivity contribution in [2.75, 3.05) is 6.54 Å². The molecule has 2 heterocycles. The first-order chi connectivity index (χ1) is 9.01. The number of aromatic amines is 1. The Kier molecular flexibility index (Phi) is 3.82. The van der Waals surface area contributed by atoms with E-state index in [-0.39, 0.29) is 24.6 Å². The van der Waals surface area contributed by atoms with Gasteiger partial charge in [0, 0.05) is 32.2 Å². The highest BCUT2D eigenvalue weighted by molar-refractivity contribution is 5.73. The molecule has 0 bridgehead atoms. The lowest BCUT2D eigenvalue weighted by Gasteiger charge is -2.16. The number of hydrogen-bond donors (Lipinski definition) is 3. The third-order valence-corrected chi connectivity index (χ3v) is 3.02. The topological polar surface area (TPSA) is 119 Å². The quantitative estimate of drug-likeness (QED) is 0.603. The molecule has 8 heteroatoms. The summed E-state index contributed by atoms with van der Waals surface area (Å²) in [5.41, 5.74) is 4.57. The van der Waals surface area contributed by atoms with E-state index in [1.165, 1.54) is 23.8 Å². The number of nitrogens with two attached hydrogens (primary N) is 1. The molecule has 1 fully saturated rings. The smallest absolute Gasteiger partial charge is 0.330 e. The first-order valence-corrected chi connectivity index (χ1v) is 5.95. The van der Waals surface area contributed by atoms with Crippen LogP contribution in [0.25, 0.3) is 0 Å². The van der Waals surface area contributed by atoms with Gasteiger partial charge in [0.2, 0.25) is 5.91 Å². The molecule has 19 heavy (non-hydrogen) atoms. The van der Waals surface area contributed by atoms with Gasteiger partial charge in [-0.15, -0.1) is 0 Å². The summed E-state index contributed by atoms with van der Waals surface area (Å²) in [4.78, 5) is 35.9. The Labute approximate surface area is 108 Å². The first kappa shape index (κ1) is 13.5. The van der Waals surface area contributed by atoms with Crippen molar-refractivity contribution in [1.82, 2.24) is 14.9 Å². The normalized spacial score (nSPS) is 26.3. The van der Waals surface area contributed by atoms with Crippen LogP contribution in [0.3, 0.4) is 0 Å². The van der Waals surface area contributed by atoms with Gasteiger partial charge in [0.1, 0.15) is 6.23 Å². The Balaban J connectivity index is 2.21. The zero-order chi connectivity index (χ0) is 14.0. The number of carbonyl (C=O) groups is 1. The van der Waals surface area contributed by atoms with Crippen LogP contribution in [0.4, 0.5) is 0 Å². The van der Waals surface area contributed by atoms with Crippen LogP contribution in [0, 0.1) is 0 Å². The fraction of sp³-hybridized carbons (Fsp3) is 0.545. The van der Waals surface area contributed by atoms with Crippen LogP contribution < -0.4 is 22.3 Å². The fourth-order valence-corrected chi connectivity index (χ4v) is 2.19. The average Bonchev–Trinajstić information content (AvgIpc) is 2.71. The number of nitrogens with one attached hydrogen (secondary N) is 2. The average molecular weight is 268 g/mol. The highest BCUT2D eigenvalue weighted by atomic mass is 16.5. The van der Waals surface area contributed by atoms with E-state index >= 15 is 0 Å². The second-order valence-electron chi connectivity index (χ2n) is 4.43. The third kappa shape index (κ3) is 2.91. The van der Waals surface area contributed by atoms with E-state index in [1.807, 2.05) is 0 Å². The molecule has 0 aliphatic carbocycles. The Morgan fingerprint density at radius 1 is 1.63 bits per heavy atom. The Hall–Kier alpha value is -1.93. The lowest BCUT2D eigenvalue weighted by Crippen LogP contribution is -2.42. The van der Waals surface area contributed by atoms with Crippen LogP contribution in [0.1, 0.15) is 19.6 Å². The zero-order valence-corrected chi connectivity index (χ0v) is 10.5. The van der Waals surface area contributed by atoms with Crippen LogP contribution >= 0.6 is 0 Å². The standard InChI is InChI=1S/C11H16N4O4/c1-6(16)13-7-4-10(19-8(7)5-12)15-3-2-9(17)14-11(15)18/h2-3,7-8,10H,4-5,12H2,1H3,(H,13,16)(H,14,17,18)/t7-,8+,10+/m0/s1. The van der Waals surface area contributed by atoms with Crippen molar-refractivity contribution in [3.05, 3.63) is 33.1 Å². The van der Waals surface area contributed by atoms with Crippen molar-refractivity contribution < 1.29 is 9.53 Å². The van der Waals surface area contributed by atoms with E-state index in [4.69, 9.17) is 10.5 Å². The Morgan fingerprint density at radius 2 is 2.37 bits per heavy atom. The van der Waals surface area contributed by atoms with Crippen molar-refractivity contribution in [2.24, 2.45) is 5.73 Å².